The lowest BCUT2D eigenvalue weighted by Gasteiger charge is -2.13. The van der Waals surface area contributed by atoms with Crippen LogP contribution in [0.15, 0.2) is 134 Å². The summed E-state index contributed by atoms with van der Waals surface area (Å²) in [5.74, 6) is 0. The number of benzene rings is 5. The Morgan fingerprint density at radius 2 is 0.750 bits per heavy atom. The SMILES string of the molecule is c1ccc(-c2cc(-c3ccc4c5ccccc5c5ccccc5c4c3)cc(-c3ccccn3)c2)nc1. The molecular formula is C34H22N2. The average Bonchev–Trinajstić information content (AvgIpc) is 2.98. The van der Waals surface area contributed by atoms with E-state index in [0.29, 0.717) is 0 Å². The largest absolute Gasteiger partial charge is 0.256 e. The molecule has 0 N–H and O–H groups in total. The fourth-order valence-electron chi connectivity index (χ4n) is 5.24. The average molecular weight is 459 g/mol. The van der Waals surface area contributed by atoms with Gasteiger partial charge in [0, 0.05) is 23.5 Å². The van der Waals surface area contributed by atoms with Crippen molar-refractivity contribution in [1.82, 2.24) is 9.97 Å². The van der Waals surface area contributed by atoms with Crippen molar-refractivity contribution in [2.24, 2.45) is 0 Å². The van der Waals surface area contributed by atoms with Gasteiger partial charge in [-0.1, -0.05) is 72.8 Å². The second-order valence-electron chi connectivity index (χ2n) is 9.08. The third-order valence-electron chi connectivity index (χ3n) is 6.93. The molecule has 0 aliphatic carbocycles. The first kappa shape index (κ1) is 20.5. The van der Waals surface area contributed by atoms with Gasteiger partial charge in [-0.3, -0.25) is 9.97 Å². The summed E-state index contributed by atoms with van der Waals surface area (Å²) in [7, 11) is 0. The highest BCUT2D eigenvalue weighted by atomic mass is 14.7. The Hall–Kier alpha value is -4.82. The Bertz CT molecular complexity index is 1780. The molecule has 0 saturated heterocycles. The highest BCUT2D eigenvalue weighted by Crippen LogP contribution is 2.38. The highest BCUT2D eigenvalue weighted by molar-refractivity contribution is 6.25. The van der Waals surface area contributed by atoms with E-state index in [-0.39, 0.29) is 0 Å². The van der Waals surface area contributed by atoms with Crippen molar-refractivity contribution in [2.75, 3.05) is 0 Å². The molecule has 0 spiro atoms. The zero-order valence-corrected chi connectivity index (χ0v) is 19.6. The predicted octanol–water partition coefficient (Wildman–Crippen LogP) is 8.94. The number of hydrogen-bond donors (Lipinski definition) is 0. The molecule has 0 unspecified atom stereocenters. The first-order valence-electron chi connectivity index (χ1n) is 12.2. The third kappa shape index (κ3) is 3.43. The lowest BCUT2D eigenvalue weighted by atomic mass is 9.91. The van der Waals surface area contributed by atoms with Gasteiger partial charge in [0.1, 0.15) is 0 Å². The maximum atomic E-state index is 4.62. The summed E-state index contributed by atoms with van der Waals surface area (Å²) in [4.78, 5) is 9.25. The van der Waals surface area contributed by atoms with Crippen LogP contribution < -0.4 is 0 Å². The van der Waals surface area contributed by atoms with E-state index in [2.05, 4.69) is 107 Å². The Balaban J connectivity index is 1.51. The Morgan fingerprint density at radius 3 is 1.25 bits per heavy atom. The van der Waals surface area contributed by atoms with Crippen molar-refractivity contribution in [1.29, 1.82) is 0 Å². The van der Waals surface area contributed by atoms with Crippen LogP contribution in [0.2, 0.25) is 0 Å². The maximum Gasteiger partial charge on any atom is 0.0702 e. The molecule has 0 fully saturated rings. The fraction of sp³-hybridized carbons (Fsp3) is 0. The van der Waals surface area contributed by atoms with Gasteiger partial charge in [-0.2, -0.15) is 0 Å². The standard InChI is InChI=1S/C34H22N2/c1-2-11-29-27(9-1)28-10-3-4-12-30(28)32-22-23(15-16-31(29)32)24-19-25(33-13-5-7-17-35-33)21-26(20-24)34-14-6-8-18-36-34/h1-22H. The van der Waals surface area contributed by atoms with Gasteiger partial charge in [-0.15, -0.1) is 0 Å². The summed E-state index contributed by atoms with van der Waals surface area (Å²) in [6, 6.07) is 43.0. The van der Waals surface area contributed by atoms with Gasteiger partial charge in [0.15, 0.2) is 0 Å². The van der Waals surface area contributed by atoms with Gasteiger partial charge in [-0.25, -0.2) is 0 Å². The van der Waals surface area contributed by atoms with Gasteiger partial charge >= 0.3 is 0 Å². The normalized spacial score (nSPS) is 11.3. The van der Waals surface area contributed by atoms with Crippen LogP contribution >= 0.6 is 0 Å². The zero-order valence-electron chi connectivity index (χ0n) is 19.6. The lowest BCUT2D eigenvalue weighted by Crippen LogP contribution is -1.90. The molecular weight excluding hydrogens is 436 g/mol. The minimum Gasteiger partial charge on any atom is -0.256 e. The molecule has 0 saturated carbocycles. The van der Waals surface area contributed by atoms with Crippen LogP contribution in [0.1, 0.15) is 0 Å². The minimum atomic E-state index is 0.953. The molecule has 7 aromatic rings. The van der Waals surface area contributed by atoms with Gasteiger partial charge in [-0.05, 0) is 92.0 Å². The Morgan fingerprint density at radius 1 is 0.306 bits per heavy atom. The van der Waals surface area contributed by atoms with Crippen molar-refractivity contribution in [3.8, 4) is 33.6 Å². The molecule has 168 valence electrons. The number of hydrogen-bond acceptors (Lipinski definition) is 2. The first-order chi connectivity index (χ1) is 17.8. The Kier molecular flexibility index (Phi) is 4.82. The van der Waals surface area contributed by atoms with Crippen molar-refractivity contribution >= 4 is 32.3 Å². The molecule has 0 amide bonds. The van der Waals surface area contributed by atoms with Gasteiger partial charge in [0.25, 0.3) is 0 Å². The summed E-state index contributed by atoms with van der Waals surface area (Å²) >= 11 is 0. The summed E-state index contributed by atoms with van der Waals surface area (Å²) < 4.78 is 0. The second kappa shape index (κ2) is 8.44. The van der Waals surface area contributed by atoms with Gasteiger partial charge < -0.3 is 0 Å². The fourth-order valence-corrected chi connectivity index (χ4v) is 5.24. The number of pyridine rings is 2. The predicted molar refractivity (Wildman–Crippen MR) is 151 cm³/mol. The minimum absolute atomic E-state index is 0.953. The number of fused-ring (bicyclic) bond motifs is 6. The molecule has 2 aromatic heterocycles. The van der Waals surface area contributed by atoms with Crippen molar-refractivity contribution < 1.29 is 0 Å². The number of rotatable bonds is 3. The van der Waals surface area contributed by atoms with E-state index < -0.39 is 0 Å². The summed E-state index contributed by atoms with van der Waals surface area (Å²) in [5, 5.41) is 7.69. The van der Waals surface area contributed by atoms with Crippen LogP contribution in [-0.4, -0.2) is 9.97 Å². The lowest BCUT2D eigenvalue weighted by molar-refractivity contribution is 1.31. The highest BCUT2D eigenvalue weighted by Gasteiger charge is 2.12. The molecule has 0 aliphatic rings. The third-order valence-corrected chi connectivity index (χ3v) is 6.93. The Labute approximate surface area is 209 Å². The molecule has 2 nitrogen and oxygen atoms in total. The van der Waals surface area contributed by atoms with Crippen LogP contribution in [0.3, 0.4) is 0 Å². The monoisotopic (exact) mass is 458 g/mol. The van der Waals surface area contributed by atoms with E-state index in [1.165, 1.54) is 37.9 Å². The van der Waals surface area contributed by atoms with Crippen LogP contribution in [0, 0.1) is 0 Å². The second-order valence-corrected chi connectivity index (χ2v) is 9.08. The van der Waals surface area contributed by atoms with Gasteiger partial charge in [0.2, 0.25) is 0 Å². The van der Waals surface area contributed by atoms with E-state index in [0.717, 1.165) is 28.1 Å². The van der Waals surface area contributed by atoms with Crippen molar-refractivity contribution in [2.45, 2.75) is 0 Å². The molecule has 5 aromatic carbocycles. The van der Waals surface area contributed by atoms with Gasteiger partial charge in [0.05, 0.1) is 11.4 Å². The van der Waals surface area contributed by atoms with E-state index in [4.69, 9.17) is 0 Å². The van der Waals surface area contributed by atoms with Crippen LogP contribution in [0.25, 0.3) is 66.0 Å². The van der Waals surface area contributed by atoms with E-state index in [9.17, 15) is 0 Å². The van der Waals surface area contributed by atoms with Crippen LogP contribution in [0.4, 0.5) is 0 Å². The maximum absolute atomic E-state index is 4.62. The number of nitrogens with zero attached hydrogens (tertiary/aromatic N) is 2. The smallest absolute Gasteiger partial charge is 0.0702 e. The molecule has 7 rings (SSSR count). The molecule has 0 atom stereocenters. The van der Waals surface area contributed by atoms with Crippen LogP contribution in [0.5, 0.6) is 0 Å². The van der Waals surface area contributed by atoms with E-state index >= 15 is 0 Å². The molecule has 0 radical (unpaired) electrons. The molecule has 2 heteroatoms. The molecule has 2 heterocycles. The number of aromatic nitrogens is 2. The molecule has 36 heavy (non-hydrogen) atoms. The quantitative estimate of drug-likeness (QED) is 0.247. The molecule has 0 bridgehead atoms. The van der Waals surface area contributed by atoms with Crippen molar-refractivity contribution in [3.63, 3.8) is 0 Å². The topological polar surface area (TPSA) is 25.8 Å². The van der Waals surface area contributed by atoms with E-state index in [1.807, 2.05) is 36.7 Å². The summed E-state index contributed by atoms with van der Waals surface area (Å²) in [6.07, 6.45) is 3.69. The summed E-state index contributed by atoms with van der Waals surface area (Å²) in [5.41, 5.74) is 6.40. The molecule has 0 aliphatic heterocycles. The van der Waals surface area contributed by atoms with E-state index in [1.54, 1.807) is 0 Å². The summed E-state index contributed by atoms with van der Waals surface area (Å²) in [6.45, 7) is 0. The first-order valence-corrected chi connectivity index (χ1v) is 12.2. The van der Waals surface area contributed by atoms with Crippen molar-refractivity contribution in [3.05, 3.63) is 134 Å². The van der Waals surface area contributed by atoms with Crippen LogP contribution in [-0.2, 0) is 0 Å². The zero-order chi connectivity index (χ0) is 23.9.